The van der Waals surface area contributed by atoms with Crippen molar-refractivity contribution in [2.24, 2.45) is 11.8 Å². The zero-order valence-corrected chi connectivity index (χ0v) is 22.6. The molecule has 1 aromatic rings. The van der Waals surface area contributed by atoms with E-state index in [1.54, 1.807) is 21.6 Å². The number of rotatable bonds is 6. The van der Waals surface area contributed by atoms with E-state index >= 15 is 0 Å². The summed E-state index contributed by atoms with van der Waals surface area (Å²) in [4.78, 5) is 47.3. The minimum absolute atomic E-state index is 0.0402. The molecule has 0 aliphatic carbocycles. The number of benzene rings is 1. The average Bonchev–Trinajstić information content (AvgIpc) is 3.11. The molecule has 37 heavy (non-hydrogen) atoms. The number of amides is 3. The van der Waals surface area contributed by atoms with Crippen molar-refractivity contribution in [3.05, 3.63) is 48.6 Å². The number of carbonyl (C=O) groups is 3. The van der Waals surface area contributed by atoms with E-state index in [1.807, 2.05) is 76.3 Å². The number of fused-ring (bicyclic) bond motifs is 2. The number of hydrogen-bond donors (Lipinski definition) is 1. The highest BCUT2D eigenvalue weighted by Gasteiger charge is 2.73. The first-order chi connectivity index (χ1) is 17.7. The van der Waals surface area contributed by atoms with Crippen LogP contribution < -0.4 is 9.64 Å². The first-order valence-electron chi connectivity index (χ1n) is 13.0. The van der Waals surface area contributed by atoms with Gasteiger partial charge in [-0.2, -0.15) is 0 Å². The molecule has 5 atom stereocenters. The van der Waals surface area contributed by atoms with Crippen molar-refractivity contribution in [1.82, 2.24) is 9.80 Å². The standard InChI is InChI=1S/C28H35N3O5S/c1-5-36-20-10-8-19(9-11-20)30-15-6-12-27(4)21(24(30)33)22-25(34)31(16-17-32)23-26(35)29(18(2)3)14-7-13-28(22,23)37-27/h6-13,18,21-23,32H,5,14-17H2,1-4H3/t21-,22-,23?,27+,28-/m0/s1. The molecule has 0 bridgehead atoms. The second kappa shape index (κ2) is 9.51. The fourth-order valence-electron chi connectivity index (χ4n) is 6.47. The molecule has 4 aliphatic heterocycles. The van der Waals surface area contributed by atoms with E-state index in [9.17, 15) is 19.5 Å². The van der Waals surface area contributed by atoms with Crippen LogP contribution in [0, 0.1) is 11.8 Å². The summed E-state index contributed by atoms with van der Waals surface area (Å²) in [6.07, 6.45) is 8.02. The number of aliphatic hydroxyl groups is 1. The SMILES string of the molecule is CCOc1ccc(N2CC=C[C@@]3(C)S[C@]45C=CCN(C(C)C)C(=O)C4N(CCO)C(=O)[C@@H]5[C@H]3C2=O)cc1. The summed E-state index contributed by atoms with van der Waals surface area (Å²) >= 11 is 1.55. The highest BCUT2D eigenvalue weighted by molar-refractivity contribution is 8.02. The molecular formula is C28H35N3O5S. The van der Waals surface area contributed by atoms with Crippen LogP contribution in [0.25, 0.3) is 0 Å². The monoisotopic (exact) mass is 525 g/mol. The summed E-state index contributed by atoms with van der Waals surface area (Å²) in [5.74, 6) is -1.14. The quantitative estimate of drug-likeness (QED) is 0.574. The second-order valence-electron chi connectivity index (χ2n) is 10.5. The minimum Gasteiger partial charge on any atom is -0.494 e. The van der Waals surface area contributed by atoms with Crippen molar-refractivity contribution in [3.63, 3.8) is 0 Å². The van der Waals surface area contributed by atoms with Crippen molar-refractivity contribution in [1.29, 1.82) is 0 Å². The molecule has 4 heterocycles. The number of thioether (sulfide) groups is 1. The van der Waals surface area contributed by atoms with Gasteiger partial charge in [-0.25, -0.2) is 0 Å². The van der Waals surface area contributed by atoms with Gasteiger partial charge >= 0.3 is 0 Å². The maximum absolute atomic E-state index is 14.3. The van der Waals surface area contributed by atoms with Crippen LogP contribution in [0.15, 0.2) is 48.6 Å². The predicted octanol–water partition coefficient (Wildman–Crippen LogP) is 2.47. The lowest BCUT2D eigenvalue weighted by molar-refractivity contribution is -0.144. The Morgan fingerprint density at radius 3 is 2.38 bits per heavy atom. The Labute approximate surface area is 222 Å². The number of ether oxygens (including phenoxy) is 1. The Kier molecular flexibility index (Phi) is 6.64. The van der Waals surface area contributed by atoms with E-state index in [2.05, 4.69) is 0 Å². The zero-order valence-electron chi connectivity index (χ0n) is 21.8. The molecule has 3 amide bonds. The fraction of sp³-hybridized carbons (Fsp3) is 0.536. The Bertz CT molecular complexity index is 1150. The predicted molar refractivity (Wildman–Crippen MR) is 143 cm³/mol. The Morgan fingerprint density at radius 2 is 1.73 bits per heavy atom. The first-order valence-corrected chi connectivity index (χ1v) is 13.8. The topological polar surface area (TPSA) is 90.4 Å². The molecule has 2 fully saturated rings. The number of aliphatic hydroxyl groups excluding tert-OH is 1. The van der Waals surface area contributed by atoms with Crippen LogP contribution in [0.4, 0.5) is 5.69 Å². The number of anilines is 1. The van der Waals surface area contributed by atoms with Crippen LogP contribution in [-0.4, -0.2) is 87.1 Å². The zero-order chi connectivity index (χ0) is 26.5. The van der Waals surface area contributed by atoms with Gasteiger partial charge in [0, 0.05) is 36.1 Å². The molecular weight excluding hydrogens is 490 g/mol. The maximum Gasteiger partial charge on any atom is 0.247 e. The van der Waals surface area contributed by atoms with E-state index in [0.717, 1.165) is 11.4 Å². The van der Waals surface area contributed by atoms with Crippen molar-refractivity contribution < 1.29 is 24.2 Å². The summed E-state index contributed by atoms with van der Waals surface area (Å²) in [6.45, 7) is 9.07. The van der Waals surface area contributed by atoms with E-state index in [0.29, 0.717) is 19.7 Å². The molecule has 0 radical (unpaired) electrons. The lowest BCUT2D eigenvalue weighted by Crippen LogP contribution is -2.55. The normalized spacial score (nSPS) is 33.0. The van der Waals surface area contributed by atoms with Crippen LogP contribution in [0.2, 0.25) is 0 Å². The summed E-state index contributed by atoms with van der Waals surface area (Å²) in [5, 5.41) is 9.82. The average molecular weight is 526 g/mol. The fourth-order valence-corrected chi connectivity index (χ4v) is 8.63. The Morgan fingerprint density at radius 1 is 1.03 bits per heavy atom. The lowest BCUT2D eigenvalue weighted by atomic mass is 9.74. The highest BCUT2D eigenvalue weighted by Crippen LogP contribution is 2.65. The second-order valence-corrected chi connectivity index (χ2v) is 12.3. The maximum atomic E-state index is 14.3. The van der Waals surface area contributed by atoms with Crippen molar-refractivity contribution in [3.8, 4) is 5.75 Å². The molecule has 8 nitrogen and oxygen atoms in total. The molecule has 1 N–H and O–H groups in total. The van der Waals surface area contributed by atoms with E-state index in [-0.39, 0.29) is 36.9 Å². The lowest BCUT2D eigenvalue weighted by Gasteiger charge is -2.37. The van der Waals surface area contributed by atoms with Gasteiger partial charge in [0.25, 0.3) is 0 Å². The van der Waals surface area contributed by atoms with E-state index in [1.165, 1.54) is 4.90 Å². The van der Waals surface area contributed by atoms with Gasteiger partial charge in [-0.05, 0) is 52.0 Å². The van der Waals surface area contributed by atoms with Gasteiger partial charge in [0.15, 0.2) is 0 Å². The highest BCUT2D eigenvalue weighted by atomic mass is 32.2. The largest absolute Gasteiger partial charge is 0.494 e. The minimum atomic E-state index is -0.895. The van der Waals surface area contributed by atoms with Crippen molar-refractivity contribution in [2.45, 2.75) is 49.3 Å². The number of likely N-dealkylation sites (tertiary alicyclic amines) is 1. The number of nitrogens with zero attached hydrogens (tertiary/aromatic N) is 3. The third kappa shape index (κ3) is 3.89. The molecule has 0 saturated carbocycles. The van der Waals surface area contributed by atoms with E-state index < -0.39 is 27.4 Å². The molecule has 1 unspecified atom stereocenters. The molecule has 198 valence electrons. The van der Waals surface area contributed by atoms with Crippen LogP contribution in [0.3, 0.4) is 0 Å². The van der Waals surface area contributed by atoms with Crippen LogP contribution in [0.1, 0.15) is 27.7 Å². The summed E-state index contributed by atoms with van der Waals surface area (Å²) in [5.41, 5.74) is 0.737. The van der Waals surface area contributed by atoms with Crippen LogP contribution in [0.5, 0.6) is 5.75 Å². The molecule has 5 rings (SSSR count). The smallest absolute Gasteiger partial charge is 0.247 e. The van der Waals surface area contributed by atoms with Crippen LogP contribution in [-0.2, 0) is 14.4 Å². The van der Waals surface area contributed by atoms with Gasteiger partial charge < -0.3 is 24.5 Å². The molecule has 1 aromatic carbocycles. The third-order valence-corrected chi connectivity index (χ3v) is 9.81. The number of hydrogen-bond acceptors (Lipinski definition) is 6. The molecule has 4 aliphatic rings. The molecule has 9 heteroatoms. The summed E-state index contributed by atoms with van der Waals surface area (Å²) in [7, 11) is 0. The molecule has 0 aromatic heterocycles. The van der Waals surface area contributed by atoms with Gasteiger partial charge in [-0.1, -0.05) is 24.3 Å². The van der Waals surface area contributed by atoms with Gasteiger partial charge in [0.2, 0.25) is 17.7 Å². The van der Waals surface area contributed by atoms with Gasteiger partial charge in [-0.3, -0.25) is 14.4 Å². The van der Waals surface area contributed by atoms with Crippen molar-refractivity contribution >= 4 is 35.2 Å². The summed E-state index contributed by atoms with van der Waals surface area (Å²) < 4.78 is 4.00. The number of carbonyl (C=O) groups excluding carboxylic acids is 3. The third-order valence-electron chi connectivity index (χ3n) is 8.01. The van der Waals surface area contributed by atoms with Crippen LogP contribution >= 0.6 is 11.8 Å². The Hall–Kier alpha value is -2.78. The number of β-amino-alcohol motifs (C(OH)–C–C–N with tert-alkyl or cyclic N) is 1. The van der Waals surface area contributed by atoms with Gasteiger partial charge in [-0.15, -0.1) is 11.8 Å². The van der Waals surface area contributed by atoms with Crippen molar-refractivity contribution in [2.75, 3.05) is 37.7 Å². The van der Waals surface area contributed by atoms with Gasteiger partial charge in [0.05, 0.1) is 29.8 Å². The van der Waals surface area contributed by atoms with E-state index in [4.69, 9.17) is 4.74 Å². The summed E-state index contributed by atoms with van der Waals surface area (Å²) in [6, 6.07) is 6.61. The molecule has 2 saturated heterocycles. The first kappa shape index (κ1) is 25.9. The van der Waals surface area contributed by atoms with Gasteiger partial charge in [0.1, 0.15) is 11.8 Å². The molecule has 1 spiro atoms. The Balaban J connectivity index is 1.59.